The summed E-state index contributed by atoms with van der Waals surface area (Å²) >= 11 is 0. The van der Waals surface area contributed by atoms with E-state index in [4.69, 9.17) is 9.26 Å². The van der Waals surface area contributed by atoms with Crippen molar-refractivity contribution >= 4 is 6.09 Å². The molecule has 31 heavy (non-hydrogen) atoms. The van der Waals surface area contributed by atoms with Gasteiger partial charge in [-0.05, 0) is 39.2 Å². The van der Waals surface area contributed by atoms with Gasteiger partial charge in [-0.3, -0.25) is 0 Å². The van der Waals surface area contributed by atoms with Crippen LogP contribution in [0.3, 0.4) is 0 Å². The van der Waals surface area contributed by atoms with E-state index in [9.17, 15) is 4.79 Å². The van der Waals surface area contributed by atoms with Crippen molar-refractivity contribution in [3.8, 4) is 11.4 Å². The SMILES string of the molecule is CCCCCCCCCc1ccc(-c2noc(C3CN(C(=O)OC(C)(C)C)C3)n2)cc1. The predicted molar refractivity (Wildman–Crippen MR) is 122 cm³/mol. The molecule has 0 unspecified atom stereocenters. The number of unbranched alkanes of at least 4 members (excludes halogenated alkanes) is 6. The average Bonchev–Trinajstić information content (AvgIpc) is 3.15. The minimum Gasteiger partial charge on any atom is -0.444 e. The Hall–Kier alpha value is -2.37. The smallest absolute Gasteiger partial charge is 0.410 e. The summed E-state index contributed by atoms with van der Waals surface area (Å²) in [5.41, 5.74) is 1.83. The van der Waals surface area contributed by atoms with Crippen molar-refractivity contribution in [3.63, 3.8) is 0 Å². The molecule has 1 aromatic carbocycles. The molecule has 0 spiro atoms. The molecule has 1 aliphatic rings. The maximum atomic E-state index is 12.1. The van der Waals surface area contributed by atoms with Crippen molar-refractivity contribution in [1.29, 1.82) is 0 Å². The molecule has 0 atom stereocenters. The second-order valence-corrected chi connectivity index (χ2v) is 9.61. The van der Waals surface area contributed by atoms with Gasteiger partial charge in [0, 0.05) is 18.7 Å². The molecule has 0 N–H and O–H groups in total. The number of aromatic nitrogens is 2. The van der Waals surface area contributed by atoms with Crippen LogP contribution in [0.15, 0.2) is 28.8 Å². The summed E-state index contributed by atoms with van der Waals surface area (Å²) in [6.07, 6.45) is 10.1. The molecular weight excluding hydrogens is 390 g/mol. The summed E-state index contributed by atoms with van der Waals surface area (Å²) in [5.74, 6) is 1.26. The van der Waals surface area contributed by atoms with E-state index in [2.05, 4.69) is 41.3 Å². The van der Waals surface area contributed by atoms with Crippen LogP contribution in [-0.4, -0.2) is 39.8 Å². The van der Waals surface area contributed by atoms with Crippen LogP contribution < -0.4 is 0 Å². The highest BCUT2D eigenvalue weighted by Crippen LogP contribution is 2.29. The van der Waals surface area contributed by atoms with Crippen LogP contribution in [0.4, 0.5) is 4.79 Å². The zero-order valence-corrected chi connectivity index (χ0v) is 19.5. The number of hydrogen-bond acceptors (Lipinski definition) is 5. The molecule has 2 aromatic rings. The Bertz CT molecular complexity index is 817. The maximum absolute atomic E-state index is 12.1. The molecule has 1 amide bonds. The van der Waals surface area contributed by atoms with Crippen LogP contribution in [0.25, 0.3) is 11.4 Å². The first-order chi connectivity index (χ1) is 14.9. The Labute approximate surface area is 186 Å². The molecule has 170 valence electrons. The quantitative estimate of drug-likeness (QED) is 0.412. The van der Waals surface area contributed by atoms with E-state index in [1.165, 1.54) is 50.5 Å². The summed E-state index contributed by atoms with van der Waals surface area (Å²) in [4.78, 5) is 18.3. The van der Waals surface area contributed by atoms with E-state index < -0.39 is 5.60 Å². The first-order valence-corrected chi connectivity index (χ1v) is 11.8. The van der Waals surface area contributed by atoms with Gasteiger partial charge >= 0.3 is 6.09 Å². The van der Waals surface area contributed by atoms with Gasteiger partial charge in [-0.15, -0.1) is 0 Å². The van der Waals surface area contributed by atoms with Crippen LogP contribution in [0.1, 0.15) is 90.0 Å². The van der Waals surface area contributed by atoms with E-state index in [0.29, 0.717) is 24.8 Å². The van der Waals surface area contributed by atoms with Crippen molar-refractivity contribution in [2.24, 2.45) is 0 Å². The Kier molecular flexibility index (Phi) is 8.10. The minimum atomic E-state index is -0.485. The van der Waals surface area contributed by atoms with Gasteiger partial charge in [0.1, 0.15) is 5.60 Å². The monoisotopic (exact) mass is 427 g/mol. The largest absolute Gasteiger partial charge is 0.444 e. The number of hydrogen-bond donors (Lipinski definition) is 0. The van der Waals surface area contributed by atoms with Crippen LogP contribution in [-0.2, 0) is 11.2 Å². The maximum Gasteiger partial charge on any atom is 0.410 e. The zero-order valence-electron chi connectivity index (χ0n) is 19.5. The molecule has 6 heteroatoms. The fraction of sp³-hybridized carbons (Fsp3) is 0.640. The molecule has 0 bridgehead atoms. The second kappa shape index (κ2) is 10.8. The van der Waals surface area contributed by atoms with Crippen molar-refractivity contribution in [1.82, 2.24) is 15.0 Å². The number of likely N-dealkylation sites (tertiary alicyclic amines) is 1. The molecule has 1 saturated heterocycles. The van der Waals surface area contributed by atoms with E-state index in [1.54, 1.807) is 4.90 Å². The summed E-state index contributed by atoms with van der Waals surface area (Å²) in [6.45, 7) is 8.96. The second-order valence-electron chi connectivity index (χ2n) is 9.61. The fourth-order valence-electron chi connectivity index (χ4n) is 3.74. The highest BCUT2D eigenvalue weighted by atomic mass is 16.6. The topological polar surface area (TPSA) is 68.5 Å². The van der Waals surface area contributed by atoms with Crippen LogP contribution in [0.2, 0.25) is 0 Å². The lowest BCUT2D eigenvalue weighted by atomic mass is 10.0. The lowest BCUT2D eigenvalue weighted by molar-refractivity contribution is 0.00558. The first kappa shape index (κ1) is 23.3. The van der Waals surface area contributed by atoms with Gasteiger partial charge in [0.15, 0.2) is 0 Å². The van der Waals surface area contributed by atoms with Crippen LogP contribution >= 0.6 is 0 Å². The molecular formula is C25H37N3O3. The van der Waals surface area contributed by atoms with Crippen molar-refractivity contribution in [2.45, 2.75) is 90.6 Å². The Balaban J connectivity index is 1.42. The van der Waals surface area contributed by atoms with Gasteiger partial charge in [0.2, 0.25) is 11.7 Å². The standard InChI is InChI=1S/C25H37N3O3/c1-5-6-7-8-9-10-11-12-19-13-15-20(16-14-19)22-26-23(31-27-22)21-17-28(18-21)24(29)30-25(2,3)4/h13-16,21H,5-12,17-18H2,1-4H3. The predicted octanol–water partition coefficient (Wildman–Crippen LogP) is 6.36. The number of carbonyl (C=O) groups excluding carboxylic acids is 1. The third-order valence-electron chi connectivity index (χ3n) is 5.61. The molecule has 1 fully saturated rings. The molecule has 0 saturated carbocycles. The average molecular weight is 428 g/mol. The molecule has 1 aromatic heterocycles. The summed E-state index contributed by atoms with van der Waals surface area (Å²) in [6, 6.07) is 8.46. The lowest BCUT2D eigenvalue weighted by Gasteiger charge is -2.37. The molecule has 1 aliphatic heterocycles. The summed E-state index contributed by atoms with van der Waals surface area (Å²) in [5, 5.41) is 4.14. The first-order valence-electron chi connectivity index (χ1n) is 11.8. The number of benzene rings is 1. The number of carbonyl (C=O) groups is 1. The molecule has 2 heterocycles. The molecule has 0 radical (unpaired) electrons. The van der Waals surface area contributed by atoms with E-state index >= 15 is 0 Å². The molecule has 0 aliphatic carbocycles. The summed E-state index contributed by atoms with van der Waals surface area (Å²) in [7, 11) is 0. The van der Waals surface area contributed by atoms with Crippen molar-refractivity contribution in [3.05, 3.63) is 35.7 Å². The zero-order chi connectivity index (χ0) is 22.3. The van der Waals surface area contributed by atoms with E-state index in [0.717, 1.165) is 12.0 Å². The lowest BCUT2D eigenvalue weighted by Crippen LogP contribution is -2.50. The van der Waals surface area contributed by atoms with Gasteiger partial charge in [0.25, 0.3) is 0 Å². The van der Waals surface area contributed by atoms with Gasteiger partial charge in [-0.1, -0.05) is 74.9 Å². The van der Waals surface area contributed by atoms with Crippen LogP contribution in [0, 0.1) is 0 Å². The van der Waals surface area contributed by atoms with Crippen molar-refractivity contribution in [2.75, 3.05) is 13.1 Å². The van der Waals surface area contributed by atoms with E-state index in [1.807, 2.05) is 20.8 Å². The van der Waals surface area contributed by atoms with Crippen molar-refractivity contribution < 1.29 is 14.1 Å². The molecule has 3 rings (SSSR count). The summed E-state index contributed by atoms with van der Waals surface area (Å²) < 4.78 is 10.9. The number of aryl methyl sites for hydroxylation is 1. The number of amides is 1. The third-order valence-corrected chi connectivity index (χ3v) is 5.61. The Morgan fingerprint density at radius 1 is 1.06 bits per heavy atom. The third kappa shape index (κ3) is 7.08. The number of ether oxygens (including phenoxy) is 1. The Morgan fingerprint density at radius 3 is 2.35 bits per heavy atom. The van der Waals surface area contributed by atoms with E-state index in [-0.39, 0.29) is 12.0 Å². The normalized spacial score (nSPS) is 14.5. The van der Waals surface area contributed by atoms with Gasteiger partial charge in [0.05, 0.1) is 5.92 Å². The molecule has 6 nitrogen and oxygen atoms in total. The van der Waals surface area contributed by atoms with Gasteiger partial charge < -0.3 is 14.2 Å². The number of nitrogens with zero attached hydrogens (tertiary/aromatic N) is 3. The van der Waals surface area contributed by atoms with Gasteiger partial charge in [-0.25, -0.2) is 4.79 Å². The van der Waals surface area contributed by atoms with Gasteiger partial charge in [-0.2, -0.15) is 4.98 Å². The Morgan fingerprint density at radius 2 is 1.71 bits per heavy atom. The minimum absolute atomic E-state index is 0.0744. The number of rotatable bonds is 10. The highest BCUT2D eigenvalue weighted by Gasteiger charge is 2.37. The highest BCUT2D eigenvalue weighted by molar-refractivity contribution is 5.69. The van der Waals surface area contributed by atoms with Crippen LogP contribution in [0.5, 0.6) is 0 Å². The fourth-order valence-corrected chi connectivity index (χ4v) is 3.74.